The maximum absolute atomic E-state index is 11.7. The molecule has 0 unspecified atom stereocenters. The molecule has 118 valence electrons. The van der Waals surface area contributed by atoms with Gasteiger partial charge in [0.1, 0.15) is 29.7 Å². The normalized spacial score (nSPS) is 15.2. The number of nitrogens with two attached hydrogens (primary N) is 1. The Kier molecular flexibility index (Phi) is 6.49. The summed E-state index contributed by atoms with van der Waals surface area (Å²) in [5, 5.41) is 0. The molecule has 0 fully saturated rings. The lowest BCUT2D eigenvalue weighted by molar-refractivity contribution is -0.157. The molecular weight excluding hydrogens is 270 g/mol. The van der Waals surface area contributed by atoms with Crippen LogP contribution < -0.4 is 15.2 Å². The maximum Gasteiger partial charge on any atom is 0.323 e. The first-order valence-corrected chi connectivity index (χ1v) is 7.12. The summed E-state index contributed by atoms with van der Waals surface area (Å²) in [5.41, 5.74) is 5.54. The zero-order valence-electron chi connectivity index (χ0n) is 13.3. The molecule has 0 heterocycles. The van der Waals surface area contributed by atoms with E-state index in [0.717, 1.165) is 5.75 Å². The zero-order valence-corrected chi connectivity index (χ0v) is 13.3. The van der Waals surface area contributed by atoms with Crippen molar-refractivity contribution < 1.29 is 19.0 Å². The molecule has 0 aliphatic rings. The number of ether oxygens (including phenoxy) is 3. The molecule has 21 heavy (non-hydrogen) atoms. The highest BCUT2D eigenvalue weighted by Gasteiger charge is 2.27. The second-order valence-corrected chi connectivity index (χ2v) is 5.43. The number of carbonyl (C=O) groups excluding carboxylic acids is 1. The Balaban J connectivity index is 2.71. The van der Waals surface area contributed by atoms with Gasteiger partial charge in [-0.1, -0.05) is 13.8 Å². The summed E-state index contributed by atoms with van der Waals surface area (Å²) < 4.78 is 16.4. The van der Waals surface area contributed by atoms with Crippen LogP contribution in [0, 0.1) is 5.92 Å². The first-order chi connectivity index (χ1) is 9.85. The van der Waals surface area contributed by atoms with Crippen LogP contribution in [0.3, 0.4) is 0 Å². The largest absolute Gasteiger partial charge is 0.497 e. The Morgan fingerprint density at radius 2 is 1.57 bits per heavy atom. The lowest BCUT2D eigenvalue weighted by Crippen LogP contribution is -2.41. The summed E-state index contributed by atoms with van der Waals surface area (Å²) in [7, 11) is 1.61. The maximum atomic E-state index is 11.7. The minimum absolute atomic E-state index is 0.126. The number of benzene rings is 1. The topological polar surface area (TPSA) is 70.8 Å². The second-order valence-electron chi connectivity index (χ2n) is 5.43. The summed E-state index contributed by atoms with van der Waals surface area (Å²) in [5.74, 6) is 1.17. The summed E-state index contributed by atoms with van der Waals surface area (Å²) in [6, 6.07) is 6.64. The van der Waals surface area contributed by atoms with E-state index in [4.69, 9.17) is 19.9 Å². The molecule has 0 saturated heterocycles. The number of esters is 1. The van der Waals surface area contributed by atoms with Crippen molar-refractivity contribution in [2.45, 2.75) is 45.9 Å². The van der Waals surface area contributed by atoms with Gasteiger partial charge in [-0.3, -0.25) is 4.79 Å². The van der Waals surface area contributed by atoms with Gasteiger partial charge < -0.3 is 19.9 Å². The van der Waals surface area contributed by atoms with E-state index in [0.29, 0.717) is 5.75 Å². The number of hydrogen-bond donors (Lipinski definition) is 1. The zero-order chi connectivity index (χ0) is 16.0. The van der Waals surface area contributed by atoms with Gasteiger partial charge in [0.2, 0.25) is 0 Å². The quantitative estimate of drug-likeness (QED) is 0.782. The van der Waals surface area contributed by atoms with Gasteiger partial charge in [0.05, 0.1) is 7.11 Å². The van der Waals surface area contributed by atoms with Gasteiger partial charge >= 0.3 is 5.97 Å². The van der Waals surface area contributed by atoms with E-state index in [9.17, 15) is 4.79 Å². The lowest BCUT2D eigenvalue weighted by atomic mass is 10.0. The van der Waals surface area contributed by atoms with Crippen LogP contribution in [0.25, 0.3) is 0 Å². The Morgan fingerprint density at radius 3 is 2.00 bits per heavy atom. The van der Waals surface area contributed by atoms with Gasteiger partial charge in [-0.2, -0.15) is 0 Å². The number of hydrogen-bond acceptors (Lipinski definition) is 5. The highest BCUT2D eigenvalue weighted by molar-refractivity contribution is 5.75. The van der Waals surface area contributed by atoms with Gasteiger partial charge in [-0.25, -0.2) is 0 Å². The number of methoxy groups -OCH3 is 1. The lowest BCUT2D eigenvalue weighted by Gasteiger charge is -2.28. The molecule has 0 amide bonds. The Hall–Kier alpha value is -1.75. The third-order valence-corrected chi connectivity index (χ3v) is 3.13. The fourth-order valence-corrected chi connectivity index (χ4v) is 1.95. The highest BCUT2D eigenvalue weighted by atomic mass is 16.6. The molecule has 0 radical (unpaired) electrons. The van der Waals surface area contributed by atoms with Crippen LogP contribution in [0.4, 0.5) is 0 Å². The monoisotopic (exact) mass is 295 g/mol. The average Bonchev–Trinajstić information content (AvgIpc) is 2.44. The highest BCUT2D eigenvalue weighted by Crippen LogP contribution is 2.21. The minimum atomic E-state index is -0.639. The standard InChI is InChI=1S/C16H25NO4/c1-10(2)15(21-16(18)11(3)17)12(4)20-14-8-6-13(19-5)7-9-14/h6-12,15H,17H2,1-5H3/t11-,12-,15-/m0/s1. The predicted octanol–water partition coefficient (Wildman–Crippen LogP) is 2.38. The van der Waals surface area contributed by atoms with E-state index in [-0.39, 0.29) is 18.1 Å². The van der Waals surface area contributed by atoms with Gasteiger partial charge in [0.25, 0.3) is 0 Å². The van der Waals surface area contributed by atoms with Crippen LogP contribution in [-0.4, -0.2) is 31.3 Å². The Bertz CT molecular complexity index is 442. The summed E-state index contributed by atoms with van der Waals surface area (Å²) in [4.78, 5) is 11.7. The molecule has 5 nitrogen and oxygen atoms in total. The smallest absolute Gasteiger partial charge is 0.323 e. The third-order valence-electron chi connectivity index (χ3n) is 3.13. The van der Waals surface area contributed by atoms with Gasteiger partial charge in [0.15, 0.2) is 0 Å². The Morgan fingerprint density at radius 1 is 1.05 bits per heavy atom. The first-order valence-electron chi connectivity index (χ1n) is 7.12. The van der Waals surface area contributed by atoms with Crippen molar-refractivity contribution in [3.8, 4) is 11.5 Å². The molecular formula is C16H25NO4. The van der Waals surface area contributed by atoms with Crippen molar-refractivity contribution in [1.29, 1.82) is 0 Å². The van der Waals surface area contributed by atoms with E-state index in [2.05, 4.69) is 0 Å². The molecule has 0 spiro atoms. The molecule has 0 bridgehead atoms. The molecule has 0 aliphatic heterocycles. The van der Waals surface area contributed by atoms with Crippen molar-refractivity contribution in [2.24, 2.45) is 11.7 Å². The van der Waals surface area contributed by atoms with Gasteiger partial charge in [0, 0.05) is 0 Å². The fraction of sp³-hybridized carbons (Fsp3) is 0.562. The van der Waals surface area contributed by atoms with Crippen molar-refractivity contribution in [3.63, 3.8) is 0 Å². The Labute approximate surface area is 126 Å². The first kappa shape index (κ1) is 17.3. The van der Waals surface area contributed by atoms with E-state index >= 15 is 0 Å². The van der Waals surface area contributed by atoms with E-state index < -0.39 is 12.0 Å². The molecule has 2 N–H and O–H groups in total. The van der Waals surface area contributed by atoms with Crippen LogP contribution in [0.5, 0.6) is 11.5 Å². The minimum Gasteiger partial charge on any atom is -0.497 e. The molecule has 3 atom stereocenters. The van der Waals surface area contributed by atoms with E-state index in [1.165, 1.54) is 0 Å². The van der Waals surface area contributed by atoms with Gasteiger partial charge in [-0.15, -0.1) is 0 Å². The third kappa shape index (κ3) is 5.27. The fourth-order valence-electron chi connectivity index (χ4n) is 1.95. The van der Waals surface area contributed by atoms with Crippen LogP contribution >= 0.6 is 0 Å². The van der Waals surface area contributed by atoms with Gasteiger partial charge in [-0.05, 0) is 44.0 Å². The molecule has 0 aliphatic carbocycles. The molecule has 5 heteroatoms. The van der Waals surface area contributed by atoms with Crippen molar-refractivity contribution in [3.05, 3.63) is 24.3 Å². The predicted molar refractivity (Wildman–Crippen MR) is 81.5 cm³/mol. The molecule has 0 aromatic heterocycles. The van der Waals surface area contributed by atoms with Crippen LogP contribution in [0.2, 0.25) is 0 Å². The van der Waals surface area contributed by atoms with Crippen molar-refractivity contribution in [2.75, 3.05) is 7.11 Å². The van der Waals surface area contributed by atoms with Crippen LogP contribution in [-0.2, 0) is 9.53 Å². The van der Waals surface area contributed by atoms with Crippen molar-refractivity contribution >= 4 is 5.97 Å². The van der Waals surface area contributed by atoms with Crippen LogP contribution in [0.1, 0.15) is 27.7 Å². The second kappa shape index (κ2) is 7.88. The average molecular weight is 295 g/mol. The van der Waals surface area contributed by atoms with E-state index in [1.54, 1.807) is 14.0 Å². The molecule has 1 aromatic rings. The van der Waals surface area contributed by atoms with Crippen LogP contribution in [0.15, 0.2) is 24.3 Å². The summed E-state index contributed by atoms with van der Waals surface area (Å²) in [6.07, 6.45) is -0.633. The van der Waals surface area contributed by atoms with E-state index in [1.807, 2.05) is 45.0 Å². The van der Waals surface area contributed by atoms with Crippen molar-refractivity contribution in [1.82, 2.24) is 0 Å². The SMILES string of the molecule is COc1ccc(O[C@@H](C)[C@@H](OC(=O)[C@H](C)N)C(C)C)cc1. The number of rotatable bonds is 7. The number of carbonyl (C=O) groups is 1. The molecule has 0 saturated carbocycles. The molecule has 1 aromatic carbocycles. The summed E-state index contributed by atoms with van der Waals surface area (Å²) >= 11 is 0. The summed E-state index contributed by atoms with van der Waals surface area (Å²) in [6.45, 7) is 7.44. The molecule has 1 rings (SSSR count).